The van der Waals surface area contributed by atoms with Crippen LogP contribution >= 0.6 is 11.8 Å². The van der Waals surface area contributed by atoms with Crippen molar-refractivity contribution in [2.45, 2.75) is 33.3 Å². The molecule has 0 saturated heterocycles. The van der Waals surface area contributed by atoms with Crippen LogP contribution in [0.2, 0.25) is 0 Å². The number of para-hydroxylation sites is 1. The van der Waals surface area contributed by atoms with Crippen LogP contribution in [-0.2, 0) is 20.9 Å². The van der Waals surface area contributed by atoms with Gasteiger partial charge in [0.05, 0.1) is 40.2 Å². The predicted octanol–water partition coefficient (Wildman–Crippen LogP) is 5.71. The van der Waals surface area contributed by atoms with Crippen LogP contribution in [0.15, 0.2) is 93.2 Å². The molecule has 0 spiro atoms. The van der Waals surface area contributed by atoms with E-state index in [0.717, 1.165) is 22.4 Å². The molecule has 0 unspecified atom stereocenters. The molecule has 0 saturated carbocycles. The Morgan fingerprint density at radius 2 is 1.78 bits per heavy atom. The highest BCUT2D eigenvalue weighted by Crippen LogP contribution is 2.41. The molecule has 0 fully saturated rings. The molecule has 0 aliphatic carbocycles. The highest BCUT2D eigenvalue weighted by Gasteiger charge is 2.37. The van der Waals surface area contributed by atoms with E-state index in [2.05, 4.69) is 16.7 Å². The summed E-state index contributed by atoms with van der Waals surface area (Å²) in [5.74, 6) is -0.971. The van der Waals surface area contributed by atoms with E-state index in [-0.39, 0.29) is 23.8 Å². The minimum Gasteiger partial charge on any atom is -0.468 e. The average molecular weight is 514 g/mol. The molecule has 1 amide bonds. The molecule has 8 heteroatoms. The molecule has 2 aromatic carbocycles. The molecule has 0 radical (unpaired) electrons. The average Bonchev–Trinajstić information content (AvgIpc) is 3.43. The van der Waals surface area contributed by atoms with Crippen LogP contribution in [-0.4, -0.2) is 17.6 Å². The first-order valence-electron chi connectivity index (χ1n) is 11.7. The SMILES string of the molecule is CC1=C(C(=O)OCc2ccccc2)[C@@H](c2ccco2)C(C#N)=C(SCC(=O)Nc2c(C)cccc2C)N1. The van der Waals surface area contributed by atoms with Crippen LogP contribution in [0.3, 0.4) is 0 Å². The number of hydrogen-bond donors (Lipinski definition) is 2. The Balaban J connectivity index is 1.55. The van der Waals surface area contributed by atoms with Crippen molar-refractivity contribution in [3.05, 3.63) is 111 Å². The van der Waals surface area contributed by atoms with Crippen molar-refractivity contribution in [2.24, 2.45) is 0 Å². The molecule has 1 aromatic heterocycles. The smallest absolute Gasteiger partial charge is 0.337 e. The Labute approximate surface area is 220 Å². The molecule has 37 heavy (non-hydrogen) atoms. The van der Waals surface area contributed by atoms with Gasteiger partial charge in [-0.3, -0.25) is 4.79 Å². The minimum atomic E-state index is -0.756. The van der Waals surface area contributed by atoms with Gasteiger partial charge in [0.25, 0.3) is 0 Å². The van der Waals surface area contributed by atoms with Gasteiger partial charge >= 0.3 is 5.97 Å². The molecule has 2 N–H and O–H groups in total. The number of hydrogen-bond acceptors (Lipinski definition) is 7. The van der Waals surface area contributed by atoms with Crippen LogP contribution in [0.5, 0.6) is 0 Å². The van der Waals surface area contributed by atoms with Crippen LogP contribution in [0.4, 0.5) is 5.69 Å². The third-order valence-corrected chi connectivity index (χ3v) is 7.02. The van der Waals surface area contributed by atoms with Crippen molar-refractivity contribution in [1.82, 2.24) is 5.32 Å². The number of nitrogens with one attached hydrogen (secondary N) is 2. The Morgan fingerprint density at radius 3 is 2.43 bits per heavy atom. The number of nitriles is 1. The zero-order chi connectivity index (χ0) is 26.4. The van der Waals surface area contributed by atoms with Gasteiger partial charge in [-0.2, -0.15) is 5.26 Å². The molecule has 1 aliphatic heterocycles. The molecule has 2 heterocycles. The fourth-order valence-corrected chi connectivity index (χ4v) is 5.05. The maximum atomic E-state index is 13.2. The number of thioether (sulfide) groups is 1. The minimum absolute atomic E-state index is 0.0766. The Bertz CT molecular complexity index is 1380. The quantitative estimate of drug-likeness (QED) is 0.372. The lowest BCUT2D eigenvalue weighted by Gasteiger charge is -2.28. The van der Waals surface area contributed by atoms with Crippen LogP contribution in [0.1, 0.15) is 35.3 Å². The Kier molecular flexibility index (Phi) is 8.16. The number of dihydropyridines is 1. The van der Waals surface area contributed by atoms with Gasteiger partial charge in [-0.05, 0) is 49.6 Å². The lowest BCUT2D eigenvalue weighted by molar-refractivity contribution is -0.140. The normalized spacial score (nSPS) is 15.1. The van der Waals surface area contributed by atoms with Gasteiger partial charge in [0.1, 0.15) is 12.4 Å². The number of rotatable bonds is 8. The van der Waals surface area contributed by atoms with Crippen LogP contribution < -0.4 is 10.6 Å². The van der Waals surface area contributed by atoms with E-state index < -0.39 is 11.9 Å². The van der Waals surface area contributed by atoms with Gasteiger partial charge < -0.3 is 19.8 Å². The highest BCUT2D eigenvalue weighted by molar-refractivity contribution is 8.03. The van der Waals surface area contributed by atoms with Gasteiger partial charge in [0.2, 0.25) is 5.91 Å². The molecular weight excluding hydrogens is 486 g/mol. The molecule has 1 atom stereocenters. The largest absolute Gasteiger partial charge is 0.468 e. The number of benzene rings is 2. The van der Waals surface area contributed by atoms with Crippen LogP contribution in [0, 0.1) is 25.2 Å². The van der Waals surface area contributed by atoms with Crippen molar-refractivity contribution in [1.29, 1.82) is 5.26 Å². The number of anilines is 1. The topological polar surface area (TPSA) is 104 Å². The third kappa shape index (κ3) is 5.96. The standard InChI is InChI=1S/C29H27N3O4S/c1-18-9-7-10-19(2)27(18)32-24(33)17-37-28-22(15-30)26(23-13-8-14-35-23)25(20(3)31-28)29(34)36-16-21-11-5-4-6-12-21/h4-14,26,31H,16-17H2,1-3H3,(H,32,33)/t26-/m1/s1. The number of ether oxygens (including phenoxy) is 1. The number of carbonyl (C=O) groups excluding carboxylic acids is 2. The molecule has 4 rings (SSSR count). The van der Waals surface area contributed by atoms with Crippen LogP contribution in [0.25, 0.3) is 0 Å². The van der Waals surface area contributed by atoms with Crippen molar-refractivity contribution in [3.8, 4) is 6.07 Å². The first kappa shape index (κ1) is 25.9. The number of aryl methyl sites for hydroxylation is 2. The third-order valence-electron chi connectivity index (χ3n) is 6.00. The number of nitrogens with zero attached hydrogens (tertiary/aromatic N) is 1. The maximum Gasteiger partial charge on any atom is 0.337 e. The monoisotopic (exact) mass is 513 g/mol. The van der Waals surface area contributed by atoms with E-state index in [9.17, 15) is 14.9 Å². The van der Waals surface area contributed by atoms with Gasteiger partial charge in [-0.15, -0.1) is 0 Å². The first-order valence-corrected chi connectivity index (χ1v) is 12.7. The summed E-state index contributed by atoms with van der Waals surface area (Å²) in [6.45, 7) is 5.73. The maximum absolute atomic E-state index is 13.2. The van der Waals surface area contributed by atoms with Crippen molar-refractivity contribution < 1.29 is 18.7 Å². The fraction of sp³-hybridized carbons (Fsp3) is 0.207. The zero-order valence-corrected chi connectivity index (χ0v) is 21.6. The number of carbonyl (C=O) groups is 2. The zero-order valence-electron chi connectivity index (χ0n) is 20.8. The molecular formula is C29H27N3O4S. The van der Waals surface area contributed by atoms with Crippen molar-refractivity contribution in [3.63, 3.8) is 0 Å². The summed E-state index contributed by atoms with van der Waals surface area (Å²) >= 11 is 1.20. The van der Waals surface area contributed by atoms with E-state index >= 15 is 0 Å². The first-order chi connectivity index (χ1) is 17.9. The van der Waals surface area contributed by atoms with Gasteiger partial charge in [-0.1, -0.05) is 60.3 Å². The van der Waals surface area contributed by atoms with Gasteiger partial charge in [-0.25, -0.2) is 4.79 Å². The summed E-state index contributed by atoms with van der Waals surface area (Å²) in [6, 6.07) is 20.9. The summed E-state index contributed by atoms with van der Waals surface area (Å²) in [4.78, 5) is 26.0. The summed E-state index contributed by atoms with van der Waals surface area (Å²) in [7, 11) is 0. The van der Waals surface area contributed by atoms with E-state index in [1.54, 1.807) is 19.1 Å². The molecule has 7 nitrogen and oxygen atoms in total. The van der Waals surface area contributed by atoms with E-state index in [1.165, 1.54) is 18.0 Å². The number of esters is 1. The second-order valence-electron chi connectivity index (χ2n) is 8.63. The fourth-order valence-electron chi connectivity index (χ4n) is 4.16. The lowest BCUT2D eigenvalue weighted by atomic mass is 9.86. The van der Waals surface area contributed by atoms with E-state index in [4.69, 9.17) is 9.15 Å². The summed E-state index contributed by atoms with van der Waals surface area (Å²) < 4.78 is 11.2. The van der Waals surface area contributed by atoms with Crippen molar-refractivity contribution in [2.75, 3.05) is 11.1 Å². The molecule has 0 bridgehead atoms. The molecule has 188 valence electrons. The van der Waals surface area contributed by atoms with Gasteiger partial charge in [0, 0.05) is 11.4 Å². The van der Waals surface area contributed by atoms with Crippen molar-refractivity contribution >= 4 is 29.3 Å². The number of allylic oxidation sites excluding steroid dienone is 2. The summed E-state index contributed by atoms with van der Waals surface area (Å²) in [6.07, 6.45) is 1.50. The highest BCUT2D eigenvalue weighted by atomic mass is 32.2. The lowest BCUT2D eigenvalue weighted by Crippen LogP contribution is -2.29. The Morgan fingerprint density at radius 1 is 1.05 bits per heavy atom. The predicted molar refractivity (Wildman–Crippen MR) is 143 cm³/mol. The number of amides is 1. The summed E-state index contributed by atoms with van der Waals surface area (Å²) in [5, 5.41) is 16.7. The Hall–Kier alpha value is -4.22. The molecule has 3 aromatic rings. The van der Waals surface area contributed by atoms with E-state index in [1.807, 2.05) is 62.4 Å². The van der Waals surface area contributed by atoms with E-state index in [0.29, 0.717) is 22.1 Å². The second kappa shape index (κ2) is 11.7. The molecule has 1 aliphatic rings. The second-order valence-corrected chi connectivity index (χ2v) is 9.62. The summed E-state index contributed by atoms with van der Waals surface area (Å²) in [5.41, 5.74) is 4.71. The van der Waals surface area contributed by atoms with Gasteiger partial charge in [0.15, 0.2) is 0 Å². The number of furan rings is 1.